The summed E-state index contributed by atoms with van der Waals surface area (Å²) in [6.45, 7) is 9.87. The van der Waals surface area contributed by atoms with Crippen molar-refractivity contribution < 1.29 is 28.7 Å². The van der Waals surface area contributed by atoms with Crippen LogP contribution < -0.4 is 0 Å². The Kier molecular flexibility index (Phi) is 10.7. The molecule has 3 rings (SSSR count). The van der Waals surface area contributed by atoms with E-state index >= 15 is 0 Å². The molecule has 1 amide bonds. The summed E-state index contributed by atoms with van der Waals surface area (Å²) in [6.07, 6.45) is 10.6. The summed E-state index contributed by atoms with van der Waals surface area (Å²) in [6, 6.07) is -0.221. The second-order valence-electron chi connectivity index (χ2n) is 12.2. The van der Waals surface area contributed by atoms with Crippen LogP contribution in [0.3, 0.4) is 0 Å². The molecule has 3 unspecified atom stereocenters. The van der Waals surface area contributed by atoms with Crippen LogP contribution >= 0.6 is 0 Å². The maximum Gasteiger partial charge on any atom is 0.305 e. The van der Waals surface area contributed by atoms with E-state index in [1.807, 2.05) is 25.7 Å². The predicted octanol–water partition coefficient (Wildman–Crippen LogP) is 3.77. The third-order valence-electron chi connectivity index (χ3n) is 7.76. The van der Waals surface area contributed by atoms with Crippen molar-refractivity contribution in [1.29, 1.82) is 0 Å². The molecule has 1 heterocycles. The lowest BCUT2D eigenvalue weighted by Crippen LogP contribution is -2.57. The molecule has 8 nitrogen and oxygen atoms in total. The van der Waals surface area contributed by atoms with E-state index in [1.165, 1.54) is 19.8 Å². The van der Waals surface area contributed by atoms with Crippen LogP contribution in [0.4, 0.5) is 0 Å². The molecule has 208 valence electrons. The highest BCUT2D eigenvalue weighted by atomic mass is 16.5. The number of ketones is 1. The molecule has 2 aliphatic carbocycles. The zero-order chi connectivity index (χ0) is 27.0. The van der Waals surface area contributed by atoms with Gasteiger partial charge in [0.15, 0.2) is 0 Å². The third-order valence-corrected chi connectivity index (χ3v) is 7.76. The summed E-state index contributed by atoms with van der Waals surface area (Å²) >= 11 is 0. The number of hydrogen-bond donors (Lipinski definition) is 0. The van der Waals surface area contributed by atoms with Gasteiger partial charge < -0.3 is 14.4 Å². The molecule has 1 saturated carbocycles. The number of nitrogens with zero attached hydrogens (tertiary/aromatic N) is 2. The smallest absolute Gasteiger partial charge is 0.305 e. The van der Waals surface area contributed by atoms with Gasteiger partial charge in [-0.2, -0.15) is 0 Å². The minimum Gasteiger partial charge on any atom is -0.465 e. The molecule has 3 aliphatic rings. The van der Waals surface area contributed by atoms with Crippen molar-refractivity contribution in [3.8, 4) is 0 Å². The molecule has 8 heteroatoms. The minimum absolute atomic E-state index is 0.0190. The van der Waals surface area contributed by atoms with E-state index < -0.39 is 0 Å². The molecule has 3 atom stereocenters. The van der Waals surface area contributed by atoms with Crippen molar-refractivity contribution in [2.45, 2.75) is 85.1 Å². The molecule has 0 radical (unpaired) electrons. The van der Waals surface area contributed by atoms with Crippen LogP contribution in [-0.4, -0.2) is 78.9 Å². The number of Topliss-reactive ketones (excluding diaryl/α,β-unsaturated/α-hetero) is 1. The van der Waals surface area contributed by atoms with Crippen LogP contribution in [-0.2, 0) is 28.7 Å². The maximum absolute atomic E-state index is 12.9. The zero-order valence-corrected chi connectivity index (χ0v) is 23.2. The number of carbonyl (C=O) groups is 4. The maximum atomic E-state index is 12.9. The number of amides is 1. The summed E-state index contributed by atoms with van der Waals surface area (Å²) in [4.78, 5) is 52.9. The first-order chi connectivity index (χ1) is 17.5. The summed E-state index contributed by atoms with van der Waals surface area (Å²) in [5.74, 6) is 1.42. The van der Waals surface area contributed by atoms with Gasteiger partial charge in [0.05, 0.1) is 19.2 Å². The number of carbonyl (C=O) groups excluding carboxylic acids is 4. The standard InChI is InChI=1S/C29H46N2O6/c1-21(32)36-19-22-17-31(15-14-30(22)18-23(33)16-29(2,3)4)27(34)12-9-13-28(35)37-20-26-24-10-7-5-6-8-11-25(24)26/h5-6,22,24-26H,7-20H2,1-4H3/b6-5+. The molecule has 37 heavy (non-hydrogen) atoms. The highest BCUT2D eigenvalue weighted by Crippen LogP contribution is 2.52. The number of hydrogen-bond acceptors (Lipinski definition) is 7. The Morgan fingerprint density at radius 1 is 0.919 bits per heavy atom. The Labute approximate surface area is 222 Å². The Hall–Kier alpha value is -2.22. The SMILES string of the molecule is CC(=O)OCC1CN(C(=O)CCCC(=O)OCC2C3CC/C=C/CCC32)CCN1CC(=O)CC(C)(C)C. The van der Waals surface area contributed by atoms with Crippen LogP contribution in [0, 0.1) is 23.2 Å². The molecule has 0 aromatic rings. The molecule has 0 aromatic heterocycles. The first kappa shape index (κ1) is 29.3. The quantitative estimate of drug-likeness (QED) is 0.304. The van der Waals surface area contributed by atoms with Gasteiger partial charge in [-0.15, -0.1) is 0 Å². The Bertz CT molecular complexity index is 832. The fourth-order valence-corrected chi connectivity index (χ4v) is 5.82. The topological polar surface area (TPSA) is 93.2 Å². The summed E-state index contributed by atoms with van der Waals surface area (Å²) in [5.41, 5.74) is -0.0888. The van der Waals surface area contributed by atoms with Crippen molar-refractivity contribution in [1.82, 2.24) is 9.80 Å². The Morgan fingerprint density at radius 2 is 1.59 bits per heavy atom. The van der Waals surface area contributed by atoms with E-state index in [1.54, 1.807) is 4.90 Å². The second kappa shape index (κ2) is 13.5. The van der Waals surface area contributed by atoms with Crippen LogP contribution in [0.15, 0.2) is 12.2 Å². The van der Waals surface area contributed by atoms with E-state index in [0.29, 0.717) is 56.8 Å². The number of piperazine rings is 1. The van der Waals surface area contributed by atoms with Crippen molar-refractivity contribution in [3.05, 3.63) is 12.2 Å². The summed E-state index contributed by atoms with van der Waals surface area (Å²) in [5, 5.41) is 0. The number of allylic oxidation sites excluding steroid dienone is 2. The second-order valence-corrected chi connectivity index (χ2v) is 12.2. The molecule has 1 aliphatic heterocycles. The van der Waals surface area contributed by atoms with E-state index in [-0.39, 0.29) is 61.1 Å². The first-order valence-corrected chi connectivity index (χ1v) is 14.0. The van der Waals surface area contributed by atoms with Gasteiger partial charge in [0.2, 0.25) is 5.91 Å². The summed E-state index contributed by atoms with van der Waals surface area (Å²) in [7, 11) is 0. The molecular formula is C29H46N2O6. The van der Waals surface area contributed by atoms with Crippen molar-refractivity contribution in [3.63, 3.8) is 0 Å². The molecule has 0 spiro atoms. The molecule has 0 N–H and O–H groups in total. The summed E-state index contributed by atoms with van der Waals surface area (Å²) < 4.78 is 10.8. The molecule has 0 bridgehead atoms. The van der Waals surface area contributed by atoms with Gasteiger partial charge in [0, 0.05) is 45.8 Å². The van der Waals surface area contributed by atoms with Gasteiger partial charge in [0.25, 0.3) is 0 Å². The van der Waals surface area contributed by atoms with Crippen molar-refractivity contribution in [2.24, 2.45) is 23.2 Å². The first-order valence-electron chi connectivity index (χ1n) is 14.0. The lowest BCUT2D eigenvalue weighted by atomic mass is 9.89. The molecule has 1 saturated heterocycles. The highest BCUT2D eigenvalue weighted by Gasteiger charge is 2.49. The number of ether oxygens (including phenoxy) is 2. The van der Waals surface area contributed by atoms with Crippen LogP contribution in [0.5, 0.6) is 0 Å². The monoisotopic (exact) mass is 518 g/mol. The average Bonchev–Trinajstić information content (AvgIpc) is 3.44. The van der Waals surface area contributed by atoms with Gasteiger partial charge in [-0.1, -0.05) is 32.9 Å². The number of rotatable bonds is 11. The van der Waals surface area contributed by atoms with Gasteiger partial charge >= 0.3 is 11.9 Å². The largest absolute Gasteiger partial charge is 0.465 e. The number of esters is 2. The van der Waals surface area contributed by atoms with Crippen LogP contribution in [0.1, 0.15) is 79.1 Å². The zero-order valence-electron chi connectivity index (χ0n) is 23.2. The van der Waals surface area contributed by atoms with Crippen LogP contribution in [0.2, 0.25) is 0 Å². The lowest BCUT2D eigenvalue weighted by Gasteiger charge is -2.41. The van der Waals surface area contributed by atoms with Crippen LogP contribution in [0.25, 0.3) is 0 Å². The molecule has 0 aromatic carbocycles. The predicted molar refractivity (Wildman–Crippen MR) is 141 cm³/mol. The highest BCUT2D eigenvalue weighted by molar-refractivity contribution is 5.81. The Balaban J connectivity index is 1.38. The fraction of sp³-hybridized carbons (Fsp3) is 0.793. The van der Waals surface area contributed by atoms with Crippen molar-refractivity contribution in [2.75, 3.05) is 39.4 Å². The normalized spacial score (nSPS) is 26.9. The van der Waals surface area contributed by atoms with E-state index in [9.17, 15) is 19.2 Å². The van der Waals surface area contributed by atoms with Gasteiger partial charge in [-0.05, 0) is 55.3 Å². The lowest BCUT2D eigenvalue weighted by molar-refractivity contribution is -0.145. The third kappa shape index (κ3) is 9.87. The number of fused-ring (bicyclic) bond motifs is 1. The van der Waals surface area contributed by atoms with Crippen molar-refractivity contribution >= 4 is 23.6 Å². The van der Waals surface area contributed by atoms with Gasteiger partial charge in [-0.3, -0.25) is 24.1 Å². The molecule has 2 fully saturated rings. The Morgan fingerprint density at radius 3 is 2.22 bits per heavy atom. The van der Waals surface area contributed by atoms with E-state index in [4.69, 9.17) is 9.47 Å². The fourth-order valence-electron chi connectivity index (χ4n) is 5.82. The van der Waals surface area contributed by atoms with Gasteiger partial charge in [-0.25, -0.2) is 0 Å². The van der Waals surface area contributed by atoms with E-state index in [0.717, 1.165) is 12.8 Å². The average molecular weight is 519 g/mol. The molecular weight excluding hydrogens is 472 g/mol. The van der Waals surface area contributed by atoms with Gasteiger partial charge in [0.1, 0.15) is 12.4 Å². The van der Waals surface area contributed by atoms with E-state index in [2.05, 4.69) is 12.2 Å². The minimum atomic E-state index is -0.379.